The predicted octanol–water partition coefficient (Wildman–Crippen LogP) is 3.07. The molecule has 0 bridgehead atoms. The molecule has 21 heavy (non-hydrogen) atoms. The Labute approximate surface area is 128 Å². The minimum Gasteiger partial charge on any atom is -0.338 e. The van der Waals surface area contributed by atoms with Gasteiger partial charge in [0.15, 0.2) is 0 Å². The second-order valence-electron chi connectivity index (χ2n) is 5.87. The Morgan fingerprint density at radius 1 is 1.10 bits per heavy atom. The van der Waals surface area contributed by atoms with Crippen LogP contribution >= 0.6 is 0 Å². The number of carbonyl (C=O) groups excluding carboxylic acids is 1. The first kappa shape index (κ1) is 17.5. The summed E-state index contributed by atoms with van der Waals surface area (Å²) in [6.07, 6.45) is 1.03. The average molecular weight is 291 g/mol. The van der Waals surface area contributed by atoms with Crippen LogP contribution in [0, 0.1) is 5.92 Å². The zero-order valence-corrected chi connectivity index (χ0v) is 13.6. The van der Waals surface area contributed by atoms with Gasteiger partial charge < -0.3 is 16.0 Å². The van der Waals surface area contributed by atoms with E-state index in [0.717, 1.165) is 6.42 Å². The lowest BCUT2D eigenvalue weighted by atomic mass is 10.0. The first-order valence-corrected chi connectivity index (χ1v) is 7.85. The third-order valence-electron chi connectivity index (χ3n) is 3.39. The summed E-state index contributed by atoms with van der Waals surface area (Å²) in [7, 11) is 0. The maximum atomic E-state index is 11.5. The van der Waals surface area contributed by atoms with Crippen LogP contribution in [0.3, 0.4) is 0 Å². The summed E-state index contributed by atoms with van der Waals surface area (Å²) in [5.41, 5.74) is 1.27. The number of carbonyl (C=O) groups is 1. The van der Waals surface area contributed by atoms with E-state index in [-0.39, 0.29) is 18.1 Å². The summed E-state index contributed by atoms with van der Waals surface area (Å²) in [5.74, 6) is 0.585. The Morgan fingerprint density at radius 3 is 2.33 bits per heavy atom. The first-order chi connectivity index (χ1) is 10.0. The van der Waals surface area contributed by atoms with Crippen LogP contribution in [0.4, 0.5) is 4.79 Å². The fourth-order valence-electron chi connectivity index (χ4n) is 2.41. The quantitative estimate of drug-likeness (QED) is 0.689. The van der Waals surface area contributed by atoms with Crippen LogP contribution in [0.5, 0.6) is 0 Å². The molecule has 3 N–H and O–H groups in total. The standard InChI is InChI=1S/C17H29N3O/c1-5-18-17(21)19-12-16(11-13(2)3)20-14(4)15-9-7-6-8-10-15/h6-10,13-14,16,20H,5,11-12H2,1-4H3,(H2,18,19,21). The van der Waals surface area contributed by atoms with Crippen molar-refractivity contribution in [3.8, 4) is 0 Å². The molecule has 4 nitrogen and oxygen atoms in total. The van der Waals surface area contributed by atoms with Gasteiger partial charge in [-0.05, 0) is 31.7 Å². The van der Waals surface area contributed by atoms with Crippen molar-refractivity contribution in [1.29, 1.82) is 0 Å². The van der Waals surface area contributed by atoms with Gasteiger partial charge in [-0.3, -0.25) is 0 Å². The van der Waals surface area contributed by atoms with Gasteiger partial charge in [-0.25, -0.2) is 4.79 Å². The van der Waals surface area contributed by atoms with E-state index in [0.29, 0.717) is 19.0 Å². The number of urea groups is 1. The van der Waals surface area contributed by atoms with Crippen LogP contribution in [0.2, 0.25) is 0 Å². The molecule has 0 aromatic heterocycles. The highest BCUT2D eigenvalue weighted by atomic mass is 16.2. The second-order valence-corrected chi connectivity index (χ2v) is 5.87. The van der Waals surface area contributed by atoms with Crippen LogP contribution in [-0.4, -0.2) is 25.2 Å². The van der Waals surface area contributed by atoms with Crippen LogP contribution < -0.4 is 16.0 Å². The Morgan fingerprint density at radius 2 is 1.76 bits per heavy atom. The van der Waals surface area contributed by atoms with Crippen LogP contribution in [0.15, 0.2) is 30.3 Å². The van der Waals surface area contributed by atoms with Crippen molar-refractivity contribution >= 4 is 6.03 Å². The SMILES string of the molecule is CCNC(=O)NCC(CC(C)C)NC(C)c1ccccc1. The van der Waals surface area contributed by atoms with E-state index in [1.165, 1.54) is 5.56 Å². The molecule has 0 spiro atoms. The number of amides is 2. The van der Waals surface area contributed by atoms with E-state index in [2.05, 4.69) is 61.0 Å². The molecule has 0 fully saturated rings. The molecular formula is C17H29N3O. The summed E-state index contributed by atoms with van der Waals surface area (Å²) in [4.78, 5) is 11.5. The van der Waals surface area contributed by atoms with Gasteiger partial charge in [0.2, 0.25) is 0 Å². The van der Waals surface area contributed by atoms with Crippen molar-refractivity contribution in [1.82, 2.24) is 16.0 Å². The minimum absolute atomic E-state index is 0.0968. The molecule has 0 saturated carbocycles. The van der Waals surface area contributed by atoms with Crippen LogP contribution in [-0.2, 0) is 0 Å². The highest BCUT2D eigenvalue weighted by Crippen LogP contribution is 2.14. The van der Waals surface area contributed by atoms with E-state index >= 15 is 0 Å². The molecule has 0 aliphatic rings. The van der Waals surface area contributed by atoms with E-state index in [1.807, 2.05) is 13.0 Å². The van der Waals surface area contributed by atoms with Gasteiger partial charge in [0.1, 0.15) is 0 Å². The number of rotatable bonds is 8. The van der Waals surface area contributed by atoms with Gasteiger partial charge in [-0.1, -0.05) is 44.2 Å². The molecule has 0 radical (unpaired) electrons. The van der Waals surface area contributed by atoms with Gasteiger partial charge in [-0.2, -0.15) is 0 Å². The number of benzene rings is 1. The number of hydrogen-bond acceptors (Lipinski definition) is 2. The minimum atomic E-state index is -0.0968. The molecular weight excluding hydrogens is 262 g/mol. The zero-order chi connectivity index (χ0) is 15.7. The molecule has 0 saturated heterocycles. The molecule has 118 valence electrons. The largest absolute Gasteiger partial charge is 0.338 e. The summed E-state index contributed by atoms with van der Waals surface area (Å²) in [5, 5.41) is 9.31. The third-order valence-corrected chi connectivity index (χ3v) is 3.39. The molecule has 2 amide bonds. The van der Waals surface area contributed by atoms with E-state index in [4.69, 9.17) is 0 Å². The summed E-state index contributed by atoms with van der Waals surface area (Å²) in [6.45, 7) is 9.77. The second kappa shape index (κ2) is 9.40. The van der Waals surface area contributed by atoms with Crippen molar-refractivity contribution < 1.29 is 4.79 Å². The normalized spacial score (nSPS) is 13.8. The van der Waals surface area contributed by atoms with Crippen LogP contribution in [0.25, 0.3) is 0 Å². The topological polar surface area (TPSA) is 53.2 Å². The van der Waals surface area contributed by atoms with Crippen molar-refractivity contribution in [2.24, 2.45) is 5.92 Å². The van der Waals surface area contributed by atoms with Gasteiger partial charge in [0.25, 0.3) is 0 Å². The Kier molecular flexibility index (Phi) is 7.83. The van der Waals surface area contributed by atoms with Crippen molar-refractivity contribution in [2.75, 3.05) is 13.1 Å². The predicted molar refractivity (Wildman–Crippen MR) is 88.3 cm³/mol. The lowest BCUT2D eigenvalue weighted by molar-refractivity contribution is 0.238. The highest BCUT2D eigenvalue weighted by Gasteiger charge is 2.15. The van der Waals surface area contributed by atoms with Gasteiger partial charge in [0, 0.05) is 25.2 Å². The number of nitrogens with one attached hydrogen (secondary N) is 3. The molecule has 0 aliphatic heterocycles. The fraction of sp³-hybridized carbons (Fsp3) is 0.588. The van der Waals surface area contributed by atoms with Crippen LogP contribution in [0.1, 0.15) is 45.7 Å². The van der Waals surface area contributed by atoms with E-state index in [1.54, 1.807) is 0 Å². The van der Waals surface area contributed by atoms with E-state index < -0.39 is 0 Å². The van der Waals surface area contributed by atoms with E-state index in [9.17, 15) is 4.79 Å². The lowest BCUT2D eigenvalue weighted by Gasteiger charge is -2.25. The van der Waals surface area contributed by atoms with Crippen molar-refractivity contribution in [3.05, 3.63) is 35.9 Å². The summed E-state index contributed by atoms with van der Waals surface area (Å²) < 4.78 is 0. The zero-order valence-electron chi connectivity index (χ0n) is 13.6. The van der Waals surface area contributed by atoms with Gasteiger partial charge >= 0.3 is 6.03 Å². The summed E-state index contributed by atoms with van der Waals surface area (Å²) in [6, 6.07) is 10.8. The van der Waals surface area contributed by atoms with Crippen molar-refractivity contribution in [3.63, 3.8) is 0 Å². The molecule has 2 unspecified atom stereocenters. The Hall–Kier alpha value is -1.55. The lowest BCUT2D eigenvalue weighted by Crippen LogP contribution is -2.45. The monoisotopic (exact) mass is 291 g/mol. The molecule has 4 heteroatoms. The first-order valence-electron chi connectivity index (χ1n) is 7.85. The molecule has 1 aromatic carbocycles. The summed E-state index contributed by atoms with van der Waals surface area (Å²) >= 11 is 0. The highest BCUT2D eigenvalue weighted by molar-refractivity contribution is 5.73. The maximum absolute atomic E-state index is 11.5. The molecule has 0 heterocycles. The van der Waals surface area contributed by atoms with Gasteiger partial charge in [-0.15, -0.1) is 0 Å². The van der Waals surface area contributed by atoms with Gasteiger partial charge in [0.05, 0.1) is 0 Å². The Bertz CT molecular complexity index is 406. The smallest absolute Gasteiger partial charge is 0.314 e. The molecule has 2 atom stereocenters. The third kappa shape index (κ3) is 7.14. The maximum Gasteiger partial charge on any atom is 0.314 e. The molecule has 1 aromatic rings. The van der Waals surface area contributed by atoms with Crippen molar-refractivity contribution in [2.45, 2.75) is 46.2 Å². The molecule has 1 rings (SSSR count). The Balaban J connectivity index is 2.54. The molecule has 0 aliphatic carbocycles. The number of hydrogen-bond donors (Lipinski definition) is 3. The fourth-order valence-corrected chi connectivity index (χ4v) is 2.41. The average Bonchev–Trinajstić information content (AvgIpc) is 2.45.